The predicted molar refractivity (Wildman–Crippen MR) is 46.6 cm³/mol. The van der Waals surface area contributed by atoms with Gasteiger partial charge in [-0.2, -0.15) is 0 Å². The van der Waals surface area contributed by atoms with E-state index in [1.807, 2.05) is 0 Å². The third-order valence-electron chi connectivity index (χ3n) is 2.25. The number of methoxy groups -OCH3 is 1. The molecule has 1 saturated carbocycles. The van der Waals surface area contributed by atoms with E-state index < -0.39 is 12.1 Å². The molecule has 0 spiro atoms. The van der Waals surface area contributed by atoms with Crippen molar-refractivity contribution in [1.82, 2.24) is 0 Å². The quantitative estimate of drug-likeness (QED) is 0.700. The molecule has 0 bridgehead atoms. The second-order valence-electron chi connectivity index (χ2n) is 3.32. The lowest BCUT2D eigenvalue weighted by molar-refractivity contribution is -0.158. The summed E-state index contributed by atoms with van der Waals surface area (Å²) in [5.74, 6) is -0.936. The molecule has 0 aromatic heterocycles. The lowest BCUT2D eigenvalue weighted by atomic mass is 10.3. The lowest BCUT2D eigenvalue weighted by Crippen LogP contribution is -2.32. The lowest BCUT2D eigenvalue weighted by Gasteiger charge is -2.17. The van der Waals surface area contributed by atoms with Crippen molar-refractivity contribution in [3.8, 4) is 0 Å². The Hall–Kier alpha value is -0.610. The van der Waals surface area contributed by atoms with E-state index >= 15 is 0 Å². The molecule has 1 aliphatic rings. The van der Waals surface area contributed by atoms with Gasteiger partial charge in [0.1, 0.15) is 0 Å². The number of aliphatic carboxylic acids is 1. The molecule has 1 atom stereocenters. The first-order valence-corrected chi connectivity index (χ1v) is 4.61. The van der Waals surface area contributed by atoms with Crippen molar-refractivity contribution < 1.29 is 19.4 Å². The van der Waals surface area contributed by atoms with Crippen LogP contribution in [0.2, 0.25) is 0 Å². The molecular weight excluding hydrogens is 172 g/mol. The van der Waals surface area contributed by atoms with Gasteiger partial charge in [0, 0.05) is 7.11 Å². The molecule has 0 aromatic carbocycles. The van der Waals surface area contributed by atoms with E-state index in [9.17, 15) is 4.79 Å². The number of carboxylic acids is 1. The summed E-state index contributed by atoms with van der Waals surface area (Å²) in [4.78, 5) is 10.7. The second-order valence-corrected chi connectivity index (χ2v) is 3.32. The molecule has 0 heterocycles. The Morgan fingerprint density at radius 1 is 1.54 bits per heavy atom. The smallest absolute Gasteiger partial charge is 0.335 e. The molecule has 13 heavy (non-hydrogen) atoms. The molecule has 76 valence electrons. The van der Waals surface area contributed by atoms with Crippen molar-refractivity contribution in [1.29, 1.82) is 0 Å². The van der Waals surface area contributed by atoms with Gasteiger partial charge in [-0.15, -0.1) is 0 Å². The topological polar surface area (TPSA) is 55.8 Å². The average molecular weight is 188 g/mol. The van der Waals surface area contributed by atoms with Gasteiger partial charge in [-0.1, -0.05) is 12.8 Å². The van der Waals surface area contributed by atoms with Crippen LogP contribution in [0, 0.1) is 0 Å². The number of hydrogen-bond donors (Lipinski definition) is 1. The zero-order valence-electron chi connectivity index (χ0n) is 7.86. The second kappa shape index (κ2) is 5.19. The number of carbonyl (C=O) groups is 1. The van der Waals surface area contributed by atoms with Crippen LogP contribution in [0.1, 0.15) is 25.7 Å². The highest BCUT2D eigenvalue weighted by Crippen LogP contribution is 2.22. The van der Waals surface area contributed by atoms with Gasteiger partial charge >= 0.3 is 5.97 Å². The Balaban J connectivity index is 2.32. The number of carboxylic acid groups (broad SMARTS) is 1. The number of ether oxygens (including phenoxy) is 2. The van der Waals surface area contributed by atoms with Crippen LogP contribution in [-0.2, 0) is 14.3 Å². The van der Waals surface area contributed by atoms with Crippen molar-refractivity contribution in [3.05, 3.63) is 0 Å². The van der Waals surface area contributed by atoms with Crippen LogP contribution in [0.15, 0.2) is 0 Å². The van der Waals surface area contributed by atoms with Crippen molar-refractivity contribution in [3.63, 3.8) is 0 Å². The van der Waals surface area contributed by atoms with Crippen molar-refractivity contribution >= 4 is 5.97 Å². The fraction of sp³-hybridized carbons (Fsp3) is 0.889. The molecule has 1 rings (SSSR count). The van der Waals surface area contributed by atoms with Gasteiger partial charge in [-0.3, -0.25) is 0 Å². The summed E-state index contributed by atoms with van der Waals surface area (Å²) in [6, 6.07) is 0. The summed E-state index contributed by atoms with van der Waals surface area (Å²) in [6.07, 6.45) is 3.57. The Bertz CT molecular complexity index is 163. The van der Waals surface area contributed by atoms with Crippen LogP contribution in [-0.4, -0.2) is 37.0 Å². The van der Waals surface area contributed by atoms with E-state index in [-0.39, 0.29) is 12.7 Å². The SMILES string of the molecule is COCC(OC1CCCC1)C(=O)O. The average Bonchev–Trinajstić information content (AvgIpc) is 2.56. The van der Waals surface area contributed by atoms with E-state index in [2.05, 4.69) is 0 Å². The third-order valence-corrected chi connectivity index (χ3v) is 2.25. The number of hydrogen-bond acceptors (Lipinski definition) is 3. The first kappa shape index (κ1) is 10.5. The third kappa shape index (κ3) is 3.32. The van der Waals surface area contributed by atoms with Gasteiger partial charge in [0.2, 0.25) is 0 Å². The van der Waals surface area contributed by atoms with E-state index in [0.29, 0.717) is 0 Å². The molecule has 1 unspecified atom stereocenters. The summed E-state index contributed by atoms with van der Waals surface area (Å²) < 4.78 is 10.2. The zero-order chi connectivity index (χ0) is 9.68. The van der Waals surface area contributed by atoms with Crippen LogP contribution in [0.25, 0.3) is 0 Å². The Morgan fingerprint density at radius 3 is 2.62 bits per heavy atom. The molecule has 4 heteroatoms. The molecule has 1 fully saturated rings. The fourth-order valence-corrected chi connectivity index (χ4v) is 1.58. The molecule has 0 aromatic rings. The standard InChI is InChI=1S/C9H16O4/c1-12-6-8(9(10)11)13-7-4-2-3-5-7/h7-8H,2-6H2,1H3,(H,10,11). The molecule has 0 saturated heterocycles. The largest absolute Gasteiger partial charge is 0.479 e. The molecule has 0 aliphatic heterocycles. The van der Waals surface area contributed by atoms with Crippen LogP contribution in [0.3, 0.4) is 0 Å². The van der Waals surface area contributed by atoms with Gasteiger partial charge in [0.15, 0.2) is 6.10 Å². The van der Waals surface area contributed by atoms with Gasteiger partial charge in [0.25, 0.3) is 0 Å². The maximum Gasteiger partial charge on any atom is 0.335 e. The van der Waals surface area contributed by atoms with Crippen LogP contribution >= 0.6 is 0 Å². The molecule has 0 radical (unpaired) electrons. The van der Waals surface area contributed by atoms with E-state index in [1.165, 1.54) is 7.11 Å². The normalized spacial score (nSPS) is 20.4. The maximum absolute atomic E-state index is 10.7. The number of rotatable bonds is 5. The van der Waals surface area contributed by atoms with Crippen LogP contribution < -0.4 is 0 Å². The highest BCUT2D eigenvalue weighted by Gasteiger charge is 2.24. The highest BCUT2D eigenvalue weighted by molar-refractivity contribution is 5.72. The van der Waals surface area contributed by atoms with E-state index in [4.69, 9.17) is 14.6 Å². The van der Waals surface area contributed by atoms with Gasteiger partial charge in [0.05, 0.1) is 12.7 Å². The minimum absolute atomic E-state index is 0.122. The van der Waals surface area contributed by atoms with E-state index in [0.717, 1.165) is 25.7 Å². The molecule has 4 nitrogen and oxygen atoms in total. The zero-order valence-corrected chi connectivity index (χ0v) is 7.86. The summed E-state index contributed by atoms with van der Waals surface area (Å²) in [7, 11) is 1.48. The monoisotopic (exact) mass is 188 g/mol. The van der Waals surface area contributed by atoms with Crippen LogP contribution in [0.4, 0.5) is 0 Å². The highest BCUT2D eigenvalue weighted by atomic mass is 16.6. The first-order chi connectivity index (χ1) is 6.24. The van der Waals surface area contributed by atoms with Crippen LogP contribution in [0.5, 0.6) is 0 Å². The van der Waals surface area contributed by atoms with Gasteiger partial charge < -0.3 is 14.6 Å². The Kier molecular flexibility index (Phi) is 4.18. The van der Waals surface area contributed by atoms with Crippen molar-refractivity contribution in [2.75, 3.05) is 13.7 Å². The molecular formula is C9H16O4. The molecule has 1 aliphatic carbocycles. The minimum Gasteiger partial charge on any atom is -0.479 e. The Labute approximate surface area is 77.8 Å². The Morgan fingerprint density at radius 2 is 2.15 bits per heavy atom. The summed E-state index contributed by atoms with van der Waals surface area (Å²) >= 11 is 0. The van der Waals surface area contributed by atoms with Gasteiger partial charge in [-0.25, -0.2) is 4.79 Å². The first-order valence-electron chi connectivity index (χ1n) is 4.61. The minimum atomic E-state index is -0.936. The molecule has 0 amide bonds. The van der Waals surface area contributed by atoms with Crippen molar-refractivity contribution in [2.24, 2.45) is 0 Å². The van der Waals surface area contributed by atoms with Gasteiger partial charge in [-0.05, 0) is 12.8 Å². The van der Waals surface area contributed by atoms with Crippen molar-refractivity contribution in [2.45, 2.75) is 37.9 Å². The summed E-state index contributed by atoms with van der Waals surface area (Å²) in [5, 5.41) is 8.76. The maximum atomic E-state index is 10.7. The predicted octanol–water partition coefficient (Wildman–Crippen LogP) is 1.05. The van der Waals surface area contributed by atoms with E-state index in [1.54, 1.807) is 0 Å². The molecule has 1 N–H and O–H groups in total. The fourth-order valence-electron chi connectivity index (χ4n) is 1.58. The summed E-state index contributed by atoms with van der Waals surface area (Å²) in [5.41, 5.74) is 0. The summed E-state index contributed by atoms with van der Waals surface area (Å²) in [6.45, 7) is 0.131.